The van der Waals surface area contributed by atoms with Crippen LogP contribution in [0.1, 0.15) is 11.1 Å². The number of aliphatic hydroxyl groups is 5. The van der Waals surface area contributed by atoms with Crippen molar-refractivity contribution in [1.82, 2.24) is 4.90 Å². The molecule has 0 bridgehead atoms. The number of carbonyl (C=O) groups excluding carboxylic acids is 1. The van der Waals surface area contributed by atoms with Crippen molar-refractivity contribution in [2.24, 2.45) is 0 Å². The molecule has 2 aromatic rings. The van der Waals surface area contributed by atoms with Gasteiger partial charge in [-0.05, 0) is 11.1 Å². The van der Waals surface area contributed by atoms with Gasteiger partial charge in [-0.3, -0.25) is 9.69 Å². The molecular weight excluding hydrogens is 350 g/mol. The van der Waals surface area contributed by atoms with Gasteiger partial charge in [0, 0.05) is 13.1 Å². The highest BCUT2D eigenvalue weighted by atomic mass is 16.4. The SMILES string of the molecule is O=C(C(O)N(Cc1ccccc1)Cc1ccccc1)[C@@H](O)[C@H](O)[C@H](O)CO. The van der Waals surface area contributed by atoms with Crippen molar-refractivity contribution in [2.75, 3.05) is 6.61 Å². The Bertz CT molecular complexity index is 655. The second-order valence-corrected chi connectivity index (χ2v) is 6.34. The van der Waals surface area contributed by atoms with Gasteiger partial charge in [0.1, 0.15) is 18.3 Å². The van der Waals surface area contributed by atoms with Gasteiger partial charge < -0.3 is 25.5 Å². The van der Waals surface area contributed by atoms with E-state index in [0.717, 1.165) is 11.1 Å². The van der Waals surface area contributed by atoms with Crippen molar-refractivity contribution < 1.29 is 30.3 Å². The largest absolute Gasteiger partial charge is 0.394 e. The molecule has 7 nitrogen and oxygen atoms in total. The van der Waals surface area contributed by atoms with Crippen molar-refractivity contribution in [3.8, 4) is 0 Å². The van der Waals surface area contributed by atoms with Crippen molar-refractivity contribution in [2.45, 2.75) is 37.6 Å². The number of ketones is 1. The molecule has 0 radical (unpaired) electrons. The van der Waals surface area contributed by atoms with Crippen LogP contribution in [0.4, 0.5) is 0 Å². The topological polar surface area (TPSA) is 121 Å². The van der Waals surface area contributed by atoms with E-state index in [1.165, 1.54) is 4.90 Å². The first-order valence-corrected chi connectivity index (χ1v) is 8.62. The highest BCUT2D eigenvalue weighted by Gasteiger charge is 2.36. The van der Waals surface area contributed by atoms with Crippen molar-refractivity contribution >= 4 is 5.78 Å². The molecule has 0 amide bonds. The third-order valence-corrected chi connectivity index (χ3v) is 4.25. The monoisotopic (exact) mass is 375 g/mol. The summed E-state index contributed by atoms with van der Waals surface area (Å²) in [5, 5.41) is 48.6. The Kier molecular flexibility index (Phi) is 8.05. The molecule has 4 atom stereocenters. The number of carbonyl (C=O) groups is 1. The highest BCUT2D eigenvalue weighted by molar-refractivity contribution is 5.87. The van der Waals surface area contributed by atoms with Gasteiger partial charge in [-0.25, -0.2) is 0 Å². The second kappa shape index (κ2) is 10.3. The van der Waals surface area contributed by atoms with Gasteiger partial charge in [0.25, 0.3) is 0 Å². The number of rotatable bonds is 10. The summed E-state index contributed by atoms with van der Waals surface area (Å²) < 4.78 is 0. The molecular formula is C20H25NO6. The van der Waals surface area contributed by atoms with Crippen LogP contribution < -0.4 is 0 Å². The molecule has 2 aromatic carbocycles. The molecule has 0 spiro atoms. The van der Waals surface area contributed by atoms with Gasteiger partial charge in [0.2, 0.25) is 5.78 Å². The summed E-state index contributed by atoms with van der Waals surface area (Å²) in [4.78, 5) is 13.9. The van der Waals surface area contributed by atoms with E-state index in [4.69, 9.17) is 5.11 Å². The summed E-state index contributed by atoms with van der Waals surface area (Å²) in [7, 11) is 0. The van der Waals surface area contributed by atoms with Crippen LogP contribution in [0.15, 0.2) is 60.7 Å². The zero-order valence-electron chi connectivity index (χ0n) is 14.8. The molecule has 0 fully saturated rings. The molecule has 7 heteroatoms. The van der Waals surface area contributed by atoms with Crippen LogP contribution in [-0.4, -0.2) is 67.4 Å². The molecule has 0 saturated heterocycles. The summed E-state index contributed by atoms with van der Waals surface area (Å²) in [5.74, 6) is -1.05. The van der Waals surface area contributed by atoms with Gasteiger partial charge in [-0.1, -0.05) is 60.7 Å². The van der Waals surface area contributed by atoms with E-state index in [1.807, 2.05) is 60.7 Å². The Labute approximate surface area is 157 Å². The number of aliphatic hydroxyl groups excluding tert-OH is 5. The van der Waals surface area contributed by atoms with E-state index in [0.29, 0.717) is 0 Å². The zero-order chi connectivity index (χ0) is 19.8. The quantitative estimate of drug-likeness (QED) is 0.360. The summed E-state index contributed by atoms with van der Waals surface area (Å²) in [6.07, 6.45) is -7.32. The highest BCUT2D eigenvalue weighted by Crippen LogP contribution is 2.15. The lowest BCUT2D eigenvalue weighted by Gasteiger charge is -2.30. The van der Waals surface area contributed by atoms with Crippen LogP contribution in [0.2, 0.25) is 0 Å². The average molecular weight is 375 g/mol. The standard InChI is InChI=1S/C20H25NO6/c22-13-16(23)17(24)18(25)19(26)20(27)21(11-14-7-3-1-4-8-14)12-15-9-5-2-6-10-15/h1-10,16-18,20,22-25,27H,11-13H2/t16-,17-,18+,20?/m1/s1. The fourth-order valence-corrected chi connectivity index (χ4v) is 2.68. The lowest BCUT2D eigenvalue weighted by molar-refractivity contribution is -0.159. The smallest absolute Gasteiger partial charge is 0.207 e. The average Bonchev–Trinajstić information content (AvgIpc) is 2.72. The van der Waals surface area contributed by atoms with Crippen LogP contribution in [0, 0.1) is 0 Å². The van der Waals surface area contributed by atoms with Gasteiger partial charge >= 0.3 is 0 Å². The normalized spacial score (nSPS) is 15.9. The van der Waals surface area contributed by atoms with Crippen molar-refractivity contribution in [3.05, 3.63) is 71.8 Å². The zero-order valence-corrected chi connectivity index (χ0v) is 14.8. The van der Waals surface area contributed by atoms with E-state index in [-0.39, 0.29) is 13.1 Å². The first kappa shape index (κ1) is 21.2. The third kappa shape index (κ3) is 5.93. The number of Topliss-reactive ketones (excluding diaryl/α,β-unsaturated/α-hetero) is 1. The molecule has 0 aliphatic heterocycles. The number of hydrogen-bond donors (Lipinski definition) is 5. The Morgan fingerprint density at radius 1 is 0.815 bits per heavy atom. The van der Waals surface area contributed by atoms with Gasteiger partial charge in [-0.15, -0.1) is 0 Å². The predicted octanol–water partition coefficient (Wildman–Crippen LogP) is -0.349. The summed E-state index contributed by atoms with van der Waals surface area (Å²) >= 11 is 0. The minimum absolute atomic E-state index is 0.230. The molecule has 0 heterocycles. The lowest BCUT2D eigenvalue weighted by Crippen LogP contribution is -2.51. The van der Waals surface area contributed by atoms with Crippen LogP contribution in [0.3, 0.4) is 0 Å². The molecule has 1 unspecified atom stereocenters. The third-order valence-electron chi connectivity index (χ3n) is 4.25. The molecule has 0 aromatic heterocycles. The minimum Gasteiger partial charge on any atom is -0.394 e. The van der Waals surface area contributed by atoms with Crippen molar-refractivity contribution in [3.63, 3.8) is 0 Å². The first-order chi connectivity index (χ1) is 12.9. The Hall–Kier alpha value is -2.13. The van der Waals surface area contributed by atoms with E-state index < -0.39 is 36.9 Å². The number of hydrogen-bond acceptors (Lipinski definition) is 7. The molecule has 0 aliphatic carbocycles. The molecule has 2 rings (SSSR count). The predicted molar refractivity (Wildman–Crippen MR) is 98.3 cm³/mol. The minimum atomic E-state index is -2.03. The molecule has 5 N–H and O–H groups in total. The number of benzene rings is 2. The molecule has 27 heavy (non-hydrogen) atoms. The Balaban J connectivity index is 2.18. The van der Waals surface area contributed by atoms with Crippen LogP contribution in [0.5, 0.6) is 0 Å². The summed E-state index contributed by atoms with van der Waals surface area (Å²) in [6.45, 7) is -0.360. The maximum absolute atomic E-state index is 12.4. The first-order valence-electron chi connectivity index (χ1n) is 8.62. The fourth-order valence-electron chi connectivity index (χ4n) is 2.68. The van der Waals surface area contributed by atoms with E-state index in [1.54, 1.807) is 0 Å². The Morgan fingerprint density at radius 2 is 1.26 bits per heavy atom. The van der Waals surface area contributed by atoms with E-state index >= 15 is 0 Å². The van der Waals surface area contributed by atoms with E-state index in [9.17, 15) is 25.2 Å². The van der Waals surface area contributed by atoms with Crippen molar-refractivity contribution in [1.29, 1.82) is 0 Å². The second-order valence-electron chi connectivity index (χ2n) is 6.34. The van der Waals surface area contributed by atoms with E-state index in [2.05, 4.69) is 0 Å². The summed E-state index contributed by atoms with van der Waals surface area (Å²) in [5.41, 5.74) is 1.71. The Morgan fingerprint density at radius 3 is 1.67 bits per heavy atom. The fraction of sp³-hybridized carbons (Fsp3) is 0.350. The van der Waals surface area contributed by atoms with Crippen LogP contribution >= 0.6 is 0 Å². The van der Waals surface area contributed by atoms with Crippen LogP contribution in [0.25, 0.3) is 0 Å². The lowest BCUT2D eigenvalue weighted by atomic mass is 10.0. The number of nitrogens with zero attached hydrogens (tertiary/aromatic N) is 1. The summed E-state index contributed by atoms with van der Waals surface area (Å²) in [6, 6.07) is 18.4. The van der Waals surface area contributed by atoms with Gasteiger partial charge in [0.15, 0.2) is 6.23 Å². The van der Waals surface area contributed by atoms with Gasteiger partial charge in [-0.2, -0.15) is 0 Å². The molecule has 0 saturated carbocycles. The maximum atomic E-state index is 12.4. The van der Waals surface area contributed by atoms with Gasteiger partial charge in [0.05, 0.1) is 6.61 Å². The molecule has 0 aliphatic rings. The molecule has 146 valence electrons. The van der Waals surface area contributed by atoms with Crippen LogP contribution in [-0.2, 0) is 17.9 Å². The maximum Gasteiger partial charge on any atom is 0.207 e.